The largest absolute Gasteiger partial charge is 0.461 e. The Labute approximate surface area is 340 Å². The maximum Gasteiger partial charge on any atom is 0.407 e. The summed E-state index contributed by atoms with van der Waals surface area (Å²) in [6.45, 7) is 13.7. The smallest absolute Gasteiger partial charge is 0.407 e. The van der Waals surface area contributed by atoms with Gasteiger partial charge >= 0.3 is 18.0 Å². The molecule has 1 aromatic carbocycles. The molecule has 0 aliphatic carbocycles. The van der Waals surface area contributed by atoms with E-state index in [9.17, 15) is 14.4 Å². The molecular formula is C46H80N2O8. The Morgan fingerprint density at radius 2 is 1.14 bits per heavy atom. The average molecular weight is 789 g/mol. The second kappa shape index (κ2) is 33.3. The van der Waals surface area contributed by atoms with Gasteiger partial charge in [-0.1, -0.05) is 122 Å². The van der Waals surface area contributed by atoms with Crippen molar-refractivity contribution >= 4 is 18.0 Å². The van der Waals surface area contributed by atoms with Gasteiger partial charge in [-0.25, -0.2) is 4.79 Å². The highest BCUT2D eigenvalue weighted by Crippen LogP contribution is 2.17. The molecule has 1 unspecified atom stereocenters. The fourth-order valence-corrected chi connectivity index (χ4v) is 7.09. The molecule has 1 atom stereocenters. The summed E-state index contributed by atoms with van der Waals surface area (Å²) in [6, 6.07) is 5.86. The van der Waals surface area contributed by atoms with E-state index in [4.69, 9.17) is 23.7 Å². The van der Waals surface area contributed by atoms with Crippen molar-refractivity contribution in [1.29, 1.82) is 0 Å². The van der Waals surface area contributed by atoms with Crippen molar-refractivity contribution in [3.05, 3.63) is 34.9 Å². The summed E-state index contributed by atoms with van der Waals surface area (Å²) in [5.41, 5.74) is 2.67. The van der Waals surface area contributed by atoms with E-state index in [1.807, 2.05) is 25.1 Å². The first-order chi connectivity index (χ1) is 27.3. The normalized spacial score (nSPS) is 13.6. The van der Waals surface area contributed by atoms with Gasteiger partial charge in [0, 0.05) is 39.1 Å². The third-order valence-corrected chi connectivity index (χ3v) is 10.4. The van der Waals surface area contributed by atoms with Gasteiger partial charge in [0.2, 0.25) is 0 Å². The zero-order valence-electron chi connectivity index (χ0n) is 36.0. The van der Waals surface area contributed by atoms with E-state index in [0.717, 1.165) is 94.1 Å². The van der Waals surface area contributed by atoms with Crippen LogP contribution in [0.2, 0.25) is 0 Å². The van der Waals surface area contributed by atoms with Crippen LogP contribution in [0.5, 0.6) is 0 Å². The number of amides is 1. The minimum atomic E-state index is -0.417. The van der Waals surface area contributed by atoms with Gasteiger partial charge in [0.1, 0.15) is 19.3 Å². The first kappa shape index (κ1) is 49.5. The molecule has 1 amide bonds. The Hall–Kier alpha value is -2.69. The Kier molecular flexibility index (Phi) is 29.4. The monoisotopic (exact) mass is 789 g/mol. The number of likely N-dealkylation sites (tertiary alicyclic amines) is 1. The molecule has 0 aromatic heterocycles. The van der Waals surface area contributed by atoms with Crippen LogP contribution in [0.4, 0.5) is 4.79 Å². The van der Waals surface area contributed by atoms with Crippen LogP contribution in [-0.2, 0) is 46.5 Å². The van der Waals surface area contributed by atoms with Crippen molar-refractivity contribution in [3.8, 4) is 0 Å². The number of benzene rings is 1. The number of esters is 2. The molecule has 1 saturated heterocycles. The zero-order valence-corrected chi connectivity index (χ0v) is 36.0. The van der Waals surface area contributed by atoms with Crippen LogP contribution < -0.4 is 5.32 Å². The van der Waals surface area contributed by atoms with Gasteiger partial charge in [0.25, 0.3) is 0 Å². The fourth-order valence-electron chi connectivity index (χ4n) is 7.09. The molecule has 1 aliphatic heterocycles. The minimum absolute atomic E-state index is 0.119. The van der Waals surface area contributed by atoms with Crippen LogP contribution in [0.15, 0.2) is 18.2 Å². The maximum atomic E-state index is 12.8. The lowest BCUT2D eigenvalue weighted by Crippen LogP contribution is -2.35. The number of hydrogen-bond donors (Lipinski definition) is 1. The summed E-state index contributed by atoms with van der Waals surface area (Å²) >= 11 is 0. The van der Waals surface area contributed by atoms with E-state index in [-0.39, 0.29) is 44.1 Å². The molecule has 322 valence electrons. The fraction of sp³-hybridized carbons (Fsp3) is 0.804. The molecule has 0 radical (unpaired) electrons. The van der Waals surface area contributed by atoms with E-state index in [0.29, 0.717) is 32.6 Å². The number of nitrogens with one attached hydrogen (secondary N) is 1. The predicted octanol–water partition coefficient (Wildman–Crippen LogP) is 10.9. The number of nitrogens with zero attached hydrogens (tertiary/aromatic N) is 1. The Bertz CT molecular complexity index is 1140. The molecule has 1 N–H and O–H groups in total. The SMILES string of the molecule is CCCCCCCCOC(CCC(=O)OCc1cc(C)cc(COC(=O)CCC(CCCCCC)OC(=O)NCCN2CCCC2)c1)OCCCCCCCC. The number of hydrogen-bond acceptors (Lipinski definition) is 9. The molecule has 0 bridgehead atoms. The topological polar surface area (TPSA) is 113 Å². The van der Waals surface area contributed by atoms with Gasteiger partial charge in [-0.2, -0.15) is 0 Å². The van der Waals surface area contributed by atoms with Crippen LogP contribution >= 0.6 is 0 Å². The highest BCUT2D eigenvalue weighted by atomic mass is 16.7. The lowest BCUT2D eigenvalue weighted by molar-refractivity contribution is -0.160. The van der Waals surface area contributed by atoms with Gasteiger partial charge < -0.3 is 33.9 Å². The minimum Gasteiger partial charge on any atom is -0.461 e. The van der Waals surface area contributed by atoms with Gasteiger partial charge in [-0.3, -0.25) is 9.59 Å². The number of carbonyl (C=O) groups excluding carboxylic acids is 3. The highest BCUT2D eigenvalue weighted by molar-refractivity contribution is 5.70. The predicted molar refractivity (Wildman–Crippen MR) is 224 cm³/mol. The molecular weight excluding hydrogens is 709 g/mol. The van der Waals surface area contributed by atoms with Crippen molar-refractivity contribution in [3.63, 3.8) is 0 Å². The molecule has 10 nitrogen and oxygen atoms in total. The zero-order chi connectivity index (χ0) is 40.5. The van der Waals surface area contributed by atoms with Crippen molar-refractivity contribution < 1.29 is 38.1 Å². The molecule has 2 rings (SSSR count). The van der Waals surface area contributed by atoms with Gasteiger partial charge in [-0.15, -0.1) is 0 Å². The number of alkyl carbamates (subject to hydrolysis) is 1. The van der Waals surface area contributed by atoms with Crippen LogP contribution in [0.1, 0.15) is 185 Å². The highest BCUT2D eigenvalue weighted by Gasteiger charge is 2.18. The standard InChI is InChI=1S/C46H80N2O8/c1-5-8-11-14-16-21-32-52-45(53-33-22-17-15-12-9-6-2)27-26-44(50)55-38-41-35-39(4)34-40(36-41)37-54-43(49)25-24-42(23-18-13-10-7-3)56-46(51)47-28-31-48-29-19-20-30-48/h34-36,42,45H,5-33,37-38H2,1-4H3,(H,47,51). The first-order valence-corrected chi connectivity index (χ1v) is 22.6. The number of rotatable bonds is 35. The lowest BCUT2D eigenvalue weighted by Gasteiger charge is -2.19. The molecule has 1 fully saturated rings. The summed E-state index contributed by atoms with van der Waals surface area (Å²) in [5.74, 6) is -0.620. The lowest BCUT2D eigenvalue weighted by atomic mass is 10.1. The third-order valence-electron chi connectivity index (χ3n) is 10.4. The van der Waals surface area contributed by atoms with Crippen LogP contribution in [0.25, 0.3) is 0 Å². The quantitative estimate of drug-likeness (QED) is 0.0311. The summed E-state index contributed by atoms with van der Waals surface area (Å²) in [4.78, 5) is 40.5. The summed E-state index contributed by atoms with van der Waals surface area (Å²) in [7, 11) is 0. The summed E-state index contributed by atoms with van der Waals surface area (Å²) in [5, 5.41) is 2.89. The van der Waals surface area contributed by atoms with E-state index in [1.54, 1.807) is 0 Å². The van der Waals surface area contributed by atoms with Crippen molar-refractivity contribution in [2.45, 2.75) is 201 Å². The second-order valence-corrected chi connectivity index (χ2v) is 15.8. The summed E-state index contributed by atoms with van der Waals surface area (Å²) < 4.78 is 29.2. The van der Waals surface area contributed by atoms with Crippen molar-refractivity contribution in [2.24, 2.45) is 0 Å². The third kappa shape index (κ3) is 26.3. The second-order valence-electron chi connectivity index (χ2n) is 15.8. The van der Waals surface area contributed by atoms with Crippen LogP contribution in [0, 0.1) is 6.92 Å². The van der Waals surface area contributed by atoms with Gasteiger partial charge in [0.05, 0.1) is 6.42 Å². The number of unbranched alkanes of at least 4 members (excludes halogenated alkanes) is 13. The van der Waals surface area contributed by atoms with Gasteiger partial charge in [-0.05, 0) is 82.2 Å². The Morgan fingerprint density at radius 3 is 1.70 bits per heavy atom. The number of aryl methyl sites for hydroxylation is 1. The van der Waals surface area contributed by atoms with E-state index >= 15 is 0 Å². The molecule has 0 saturated carbocycles. The Balaban J connectivity index is 1.77. The van der Waals surface area contributed by atoms with E-state index < -0.39 is 12.4 Å². The molecule has 1 aliphatic rings. The van der Waals surface area contributed by atoms with E-state index in [1.165, 1.54) is 64.2 Å². The van der Waals surface area contributed by atoms with Crippen molar-refractivity contribution in [1.82, 2.24) is 10.2 Å². The van der Waals surface area contributed by atoms with Gasteiger partial charge in [0.15, 0.2) is 6.29 Å². The Morgan fingerprint density at radius 1 is 0.643 bits per heavy atom. The molecule has 1 heterocycles. The van der Waals surface area contributed by atoms with Crippen LogP contribution in [-0.4, -0.2) is 74.7 Å². The number of ether oxygens (including phenoxy) is 5. The molecule has 1 aromatic rings. The molecule has 10 heteroatoms. The van der Waals surface area contributed by atoms with Crippen LogP contribution in [0.3, 0.4) is 0 Å². The molecule has 0 spiro atoms. The maximum absolute atomic E-state index is 12.8. The van der Waals surface area contributed by atoms with E-state index in [2.05, 4.69) is 31.0 Å². The first-order valence-electron chi connectivity index (χ1n) is 22.6. The number of carbonyl (C=O) groups is 3. The average Bonchev–Trinajstić information content (AvgIpc) is 3.71. The van der Waals surface area contributed by atoms with Crippen molar-refractivity contribution in [2.75, 3.05) is 39.4 Å². The molecule has 56 heavy (non-hydrogen) atoms. The summed E-state index contributed by atoms with van der Waals surface area (Å²) in [6.07, 6.45) is 21.9.